The van der Waals surface area contributed by atoms with E-state index in [-0.39, 0.29) is 0 Å². The van der Waals surface area contributed by atoms with Crippen molar-refractivity contribution in [3.8, 4) is 0 Å². The van der Waals surface area contributed by atoms with Gasteiger partial charge in [-0.1, -0.05) is 0 Å². The van der Waals surface area contributed by atoms with E-state index in [1.807, 2.05) is 30.3 Å². The Morgan fingerprint density at radius 3 is 1.33 bits per heavy atom. The van der Waals surface area contributed by atoms with Crippen LogP contribution in [0.5, 0.6) is 0 Å². The molecule has 2 nitrogen and oxygen atoms in total. The van der Waals surface area contributed by atoms with Gasteiger partial charge in [-0.3, -0.25) is 0 Å². The zero-order valence-electron chi connectivity index (χ0n) is 18.0. The second kappa shape index (κ2) is 13.7. The van der Waals surface area contributed by atoms with Gasteiger partial charge in [0, 0.05) is 0 Å². The van der Waals surface area contributed by atoms with Gasteiger partial charge in [0.25, 0.3) is 0 Å². The minimum atomic E-state index is -3.76. The van der Waals surface area contributed by atoms with Gasteiger partial charge in [-0.05, 0) is 0 Å². The zero-order chi connectivity index (χ0) is 19.9. The van der Waals surface area contributed by atoms with Crippen molar-refractivity contribution in [1.29, 1.82) is 0 Å². The van der Waals surface area contributed by atoms with Crippen LogP contribution in [0.25, 0.3) is 0 Å². The van der Waals surface area contributed by atoms with Crippen molar-refractivity contribution in [2.45, 2.75) is 104 Å². The van der Waals surface area contributed by atoms with E-state index >= 15 is 0 Å². The summed E-state index contributed by atoms with van der Waals surface area (Å²) in [5, 5.41) is 0.792. The number of hydrogen-bond acceptors (Lipinski definition) is 2. The number of hydrogen-bond donors (Lipinski definition) is 2. The van der Waals surface area contributed by atoms with Crippen molar-refractivity contribution in [1.82, 2.24) is 0 Å². The van der Waals surface area contributed by atoms with Gasteiger partial charge in [0.2, 0.25) is 0 Å². The Labute approximate surface area is 168 Å². The van der Waals surface area contributed by atoms with Crippen LogP contribution in [0.4, 0.5) is 0 Å². The average Bonchev–Trinajstić information content (AvgIpc) is 2.67. The quantitative estimate of drug-likeness (QED) is 0.216. The first kappa shape index (κ1) is 24.6. The molecule has 0 bridgehead atoms. The topological polar surface area (TPSA) is 40.5 Å². The summed E-state index contributed by atoms with van der Waals surface area (Å²) in [6, 6.07) is 9.71. The summed E-state index contributed by atoms with van der Waals surface area (Å²) < 4.78 is 0. The molecule has 2 N–H and O–H groups in total. The molecule has 0 saturated carbocycles. The first-order valence-electron chi connectivity index (χ1n) is 11.6. The SMILES string of the molecule is CCCCCCCCCP(O)(O)(CCCCCCCCC)c1ccccc1. The van der Waals surface area contributed by atoms with E-state index in [9.17, 15) is 9.79 Å². The van der Waals surface area contributed by atoms with Crippen LogP contribution < -0.4 is 5.30 Å². The van der Waals surface area contributed by atoms with Gasteiger partial charge in [0.1, 0.15) is 0 Å². The van der Waals surface area contributed by atoms with Crippen LogP contribution in [-0.4, -0.2) is 22.1 Å². The van der Waals surface area contributed by atoms with Gasteiger partial charge in [-0.25, -0.2) is 0 Å². The fourth-order valence-electron chi connectivity index (χ4n) is 3.94. The van der Waals surface area contributed by atoms with Crippen LogP contribution in [0.3, 0.4) is 0 Å². The normalized spacial score (nSPS) is 13.4. The predicted molar refractivity (Wildman–Crippen MR) is 123 cm³/mol. The Morgan fingerprint density at radius 1 is 0.556 bits per heavy atom. The molecule has 0 amide bonds. The molecule has 0 aliphatic carbocycles. The molecular weight excluding hydrogens is 351 g/mol. The van der Waals surface area contributed by atoms with Crippen molar-refractivity contribution in [3.05, 3.63) is 30.3 Å². The number of unbranched alkanes of at least 4 members (excludes halogenated alkanes) is 12. The van der Waals surface area contributed by atoms with Gasteiger partial charge in [0.05, 0.1) is 0 Å². The van der Waals surface area contributed by atoms with Crippen LogP contribution >= 0.6 is 7.06 Å². The van der Waals surface area contributed by atoms with Crippen molar-refractivity contribution in [2.75, 3.05) is 12.3 Å². The van der Waals surface area contributed by atoms with Crippen molar-refractivity contribution >= 4 is 12.4 Å². The molecule has 27 heavy (non-hydrogen) atoms. The van der Waals surface area contributed by atoms with Gasteiger partial charge < -0.3 is 0 Å². The van der Waals surface area contributed by atoms with E-state index in [1.54, 1.807) is 0 Å². The predicted octanol–water partition coefficient (Wildman–Crippen LogP) is 7.18. The van der Waals surface area contributed by atoms with E-state index < -0.39 is 7.06 Å². The maximum atomic E-state index is 11.5. The third-order valence-electron chi connectivity index (χ3n) is 5.82. The number of rotatable bonds is 17. The molecule has 0 aliphatic rings. The van der Waals surface area contributed by atoms with Crippen LogP contribution in [0.1, 0.15) is 104 Å². The Morgan fingerprint density at radius 2 is 0.926 bits per heavy atom. The number of benzene rings is 1. The summed E-state index contributed by atoms with van der Waals surface area (Å²) in [6.45, 7) is 4.48. The molecule has 0 unspecified atom stereocenters. The Balaban J connectivity index is 2.50. The molecule has 0 heterocycles. The first-order chi connectivity index (χ1) is 13.0. The van der Waals surface area contributed by atoms with Crippen molar-refractivity contribution in [3.63, 3.8) is 0 Å². The van der Waals surface area contributed by atoms with E-state index in [2.05, 4.69) is 13.8 Å². The summed E-state index contributed by atoms with van der Waals surface area (Å²) in [7, 11) is -3.76. The fourth-order valence-corrected chi connectivity index (χ4v) is 7.32. The van der Waals surface area contributed by atoms with Gasteiger partial charge >= 0.3 is 169 Å². The van der Waals surface area contributed by atoms with Gasteiger partial charge in [-0.2, -0.15) is 0 Å². The van der Waals surface area contributed by atoms with Crippen LogP contribution in [0.15, 0.2) is 30.3 Å². The molecule has 0 fully saturated rings. The zero-order valence-corrected chi connectivity index (χ0v) is 18.9. The summed E-state index contributed by atoms with van der Waals surface area (Å²) in [4.78, 5) is 23.0. The Kier molecular flexibility index (Phi) is 12.5. The van der Waals surface area contributed by atoms with E-state index in [4.69, 9.17) is 0 Å². The molecular formula is C24H45O2P. The Hall–Kier alpha value is -0.430. The molecule has 0 aromatic heterocycles. The van der Waals surface area contributed by atoms with E-state index in [0.29, 0.717) is 12.3 Å². The minimum absolute atomic E-state index is 0.569. The van der Waals surface area contributed by atoms with Crippen LogP contribution in [-0.2, 0) is 0 Å². The summed E-state index contributed by atoms with van der Waals surface area (Å²) in [5.41, 5.74) is 0. The van der Waals surface area contributed by atoms with Crippen LogP contribution in [0.2, 0.25) is 0 Å². The molecule has 3 heteroatoms. The maximum absolute atomic E-state index is 11.5. The molecule has 1 rings (SSSR count). The summed E-state index contributed by atoms with van der Waals surface area (Å²) in [5.74, 6) is 0. The summed E-state index contributed by atoms with van der Waals surface area (Å²) in [6.07, 6.45) is 18.1. The van der Waals surface area contributed by atoms with Gasteiger partial charge in [-0.15, -0.1) is 0 Å². The van der Waals surface area contributed by atoms with Crippen LogP contribution in [0, 0.1) is 0 Å². The second-order valence-corrected chi connectivity index (χ2v) is 12.6. The fraction of sp³-hybridized carbons (Fsp3) is 0.750. The average molecular weight is 397 g/mol. The standard InChI is InChI=1S/C24H45O2P/c1-3-5-7-9-11-13-18-22-27(25,26,24-20-16-15-17-21-24)23-19-14-12-10-8-6-4-2/h15-17,20-21,25-26H,3-14,18-19,22-23H2,1-2H3. The molecule has 0 spiro atoms. The molecule has 1 aromatic carbocycles. The monoisotopic (exact) mass is 396 g/mol. The molecule has 1 aromatic rings. The molecule has 158 valence electrons. The third kappa shape index (κ3) is 10.1. The molecule has 0 saturated heterocycles. The molecule has 0 atom stereocenters. The van der Waals surface area contributed by atoms with E-state index in [0.717, 1.165) is 31.0 Å². The van der Waals surface area contributed by atoms with Gasteiger partial charge in [0.15, 0.2) is 0 Å². The third-order valence-corrected chi connectivity index (χ3v) is 9.82. The van der Waals surface area contributed by atoms with E-state index in [1.165, 1.54) is 64.2 Å². The first-order valence-corrected chi connectivity index (χ1v) is 14.1. The second-order valence-electron chi connectivity index (χ2n) is 8.42. The van der Waals surface area contributed by atoms with Crippen molar-refractivity contribution in [2.24, 2.45) is 0 Å². The molecule has 0 aliphatic heterocycles. The Bertz CT molecular complexity index is 451. The van der Waals surface area contributed by atoms with Crippen molar-refractivity contribution < 1.29 is 9.79 Å². The summed E-state index contributed by atoms with van der Waals surface area (Å²) >= 11 is 0. The molecule has 0 radical (unpaired) electrons.